The zero-order valence-electron chi connectivity index (χ0n) is 10.2. The predicted molar refractivity (Wildman–Crippen MR) is 69.7 cm³/mol. The number of hydrogen-bond acceptors (Lipinski definition) is 1. The molecule has 0 aliphatic heterocycles. The van der Waals surface area contributed by atoms with Gasteiger partial charge in [0.05, 0.1) is 0 Å². The maximum absolute atomic E-state index is 12.7. The van der Waals surface area contributed by atoms with Crippen LogP contribution in [-0.4, -0.2) is 24.5 Å². The lowest BCUT2D eigenvalue weighted by Gasteiger charge is -2.24. The summed E-state index contributed by atoms with van der Waals surface area (Å²) in [5.41, 5.74) is 1.20. The van der Waals surface area contributed by atoms with Crippen molar-refractivity contribution in [3.05, 3.63) is 35.6 Å². The lowest BCUT2D eigenvalue weighted by atomic mass is 10.1. The van der Waals surface area contributed by atoms with E-state index >= 15 is 0 Å². The summed E-state index contributed by atoms with van der Waals surface area (Å²) >= 11 is 0. The van der Waals surface area contributed by atoms with Crippen LogP contribution in [0.5, 0.6) is 0 Å². The maximum Gasteiger partial charge on any atom is 0.123 e. The van der Waals surface area contributed by atoms with Crippen molar-refractivity contribution in [2.24, 2.45) is 0 Å². The van der Waals surface area contributed by atoms with Crippen LogP contribution in [0.1, 0.15) is 25.8 Å². The summed E-state index contributed by atoms with van der Waals surface area (Å²) in [5, 5.41) is 0. The molecular formula is C13H21ClFN. The van der Waals surface area contributed by atoms with Crippen molar-refractivity contribution in [2.75, 3.05) is 13.6 Å². The third-order valence-electron chi connectivity index (χ3n) is 2.77. The Balaban J connectivity index is 0.00000225. The van der Waals surface area contributed by atoms with Crippen LogP contribution in [0, 0.1) is 5.82 Å². The smallest absolute Gasteiger partial charge is 0.123 e. The van der Waals surface area contributed by atoms with E-state index in [1.54, 1.807) is 0 Å². The van der Waals surface area contributed by atoms with E-state index in [1.807, 2.05) is 12.1 Å². The summed E-state index contributed by atoms with van der Waals surface area (Å²) in [6.07, 6.45) is 2.15. The lowest BCUT2D eigenvalue weighted by Crippen LogP contribution is -2.31. The van der Waals surface area contributed by atoms with Crippen LogP contribution in [0.15, 0.2) is 24.3 Å². The minimum atomic E-state index is -0.159. The second kappa shape index (κ2) is 7.64. The monoisotopic (exact) mass is 245 g/mol. The minimum absolute atomic E-state index is 0. The molecule has 0 saturated carbocycles. The molecule has 1 atom stereocenters. The minimum Gasteiger partial charge on any atom is -0.303 e. The van der Waals surface area contributed by atoms with Gasteiger partial charge in [-0.2, -0.15) is 0 Å². The highest BCUT2D eigenvalue weighted by atomic mass is 35.5. The molecule has 1 unspecified atom stereocenters. The summed E-state index contributed by atoms with van der Waals surface area (Å²) in [6.45, 7) is 5.50. The van der Waals surface area contributed by atoms with Gasteiger partial charge in [-0.05, 0) is 51.1 Å². The van der Waals surface area contributed by atoms with E-state index in [4.69, 9.17) is 0 Å². The van der Waals surface area contributed by atoms with Crippen molar-refractivity contribution >= 4 is 12.4 Å². The number of rotatable bonds is 5. The van der Waals surface area contributed by atoms with Crippen molar-refractivity contribution in [1.82, 2.24) is 4.90 Å². The van der Waals surface area contributed by atoms with Gasteiger partial charge in [-0.15, -0.1) is 12.4 Å². The highest BCUT2D eigenvalue weighted by Gasteiger charge is 2.08. The molecular weight excluding hydrogens is 225 g/mol. The van der Waals surface area contributed by atoms with E-state index in [0.717, 1.165) is 13.0 Å². The van der Waals surface area contributed by atoms with E-state index in [-0.39, 0.29) is 18.2 Å². The summed E-state index contributed by atoms with van der Waals surface area (Å²) in [5.74, 6) is -0.159. The first-order chi connectivity index (χ1) is 7.13. The van der Waals surface area contributed by atoms with Gasteiger partial charge in [-0.25, -0.2) is 4.39 Å². The van der Waals surface area contributed by atoms with E-state index < -0.39 is 0 Å². The van der Waals surface area contributed by atoms with Gasteiger partial charge in [0.15, 0.2) is 0 Å². The molecule has 1 aromatic rings. The zero-order chi connectivity index (χ0) is 11.3. The van der Waals surface area contributed by atoms with Gasteiger partial charge in [-0.1, -0.05) is 19.1 Å². The highest BCUT2D eigenvalue weighted by molar-refractivity contribution is 5.85. The van der Waals surface area contributed by atoms with Crippen LogP contribution in [0.3, 0.4) is 0 Å². The molecule has 0 fully saturated rings. The number of benzene rings is 1. The summed E-state index contributed by atoms with van der Waals surface area (Å²) < 4.78 is 12.7. The van der Waals surface area contributed by atoms with E-state index in [2.05, 4.69) is 25.8 Å². The van der Waals surface area contributed by atoms with Gasteiger partial charge in [0.25, 0.3) is 0 Å². The third-order valence-corrected chi connectivity index (χ3v) is 2.77. The highest BCUT2D eigenvalue weighted by Crippen LogP contribution is 2.09. The van der Waals surface area contributed by atoms with Crippen LogP contribution < -0.4 is 0 Å². The molecule has 3 heteroatoms. The largest absolute Gasteiger partial charge is 0.303 e. The second-order valence-corrected chi connectivity index (χ2v) is 4.16. The molecule has 0 aromatic heterocycles. The molecule has 16 heavy (non-hydrogen) atoms. The molecule has 0 saturated heterocycles. The van der Waals surface area contributed by atoms with Gasteiger partial charge >= 0.3 is 0 Å². The average molecular weight is 246 g/mol. The van der Waals surface area contributed by atoms with Crippen molar-refractivity contribution in [3.8, 4) is 0 Å². The predicted octanol–water partition coefficient (Wildman–Crippen LogP) is 3.52. The molecule has 0 heterocycles. The molecule has 1 rings (SSSR count). The molecule has 0 spiro atoms. The molecule has 0 bridgehead atoms. The fourth-order valence-electron chi connectivity index (χ4n) is 1.69. The summed E-state index contributed by atoms with van der Waals surface area (Å²) in [7, 11) is 2.14. The molecule has 0 N–H and O–H groups in total. The third kappa shape index (κ3) is 4.95. The number of halogens is 2. The van der Waals surface area contributed by atoms with Gasteiger partial charge in [0, 0.05) is 6.04 Å². The first kappa shape index (κ1) is 15.4. The topological polar surface area (TPSA) is 3.24 Å². The molecule has 0 aliphatic rings. The number of likely N-dealkylation sites (N-methyl/N-ethyl adjacent to an activating group) is 1. The Morgan fingerprint density at radius 3 is 2.31 bits per heavy atom. The summed E-state index contributed by atoms with van der Waals surface area (Å²) in [6, 6.07) is 7.30. The first-order valence-corrected chi connectivity index (χ1v) is 5.58. The number of nitrogens with zero attached hydrogens (tertiary/aromatic N) is 1. The Hall–Kier alpha value is -0.600. The standard InChI is InChI=1S/C13H20FN.ClH/c1-4-9-15(3)11(2)10-12-5-7-13(14)8-6-12;/h5-8,11H,4,9-10H2,1-3H3;1H. The van der Waals surface area contributed by atoms with Crippen molar-refractivity contribution in [2.45, 2.75) is 32.7 Å². The quantitative estimate of drug-likeness (QED) is 0.767. The van der Waals surface area contributed by atoms with Gasteiger partial charge < -0.3 is 4.90 Å². The molecule has 92 valence electrons. The van der Waals surface area contributed by atoms with Gasteiger partial charge in [0.1, 0.15) is 5.82 Å². The SMILES string of the molecule is CCCN(C)C(C)Cc1ccc(F)cc1.Cl. The van der Waals surface area contributed by atoms with Gasteiger partial charge in [-0.3, -0.25) is 0 Å². The van der Waals surface area contributed by atoms with Crippen molar-refractivity contribution in [3.63, 3.8) is 0 Å². The van der Waals surface area contributed by atoms with Crippen LogP contribution in [0.2, 0.25) is 0 Å². The lowest BCUT2D eigenvalue weighted by molar-refractivity contribution is 0.257. The zero-order valence-corrected chi connectivity index (χ0v) is 11.1. The Bertz CT molecular complexity index is 286. The molecule has 0 radical (unpaired) electrons. The normalized spacial score (nSPS) is 12.3. The molecule has 0 aliphatic carbocycles. The molecule has 1 aromatic carbocycles. The second-order valence-electron chi connectivity index (χ2n) is 4.16. The van der Waals surface area contributed by atoms with Gasteiger partial charge in [0.2, 0.25) is 0 Å². The van der Waals surface area contributed by atoms with E-state index in [0.29, 0.717) is 6.04 Å². The maximum atomic E-state index is 12.7. The van der Waals surface area contributed by atoms with Crippen molar-refractivity contribution < 1.29 is 4.39 Å². The van der Waals surface area contributed by atoms with E-state index in [9.17, 15) is 4.39 Å². The first-order valence-electron chi connectivity index (χ1n) is 5.58. The van der Waals surface area contributed by atoms with Crippen LogP contribution in [0.25, 0.3) is 0 Å². The van der Waals surface area contributed by atoms with Crippen molar-refractivity contribution in [1.29, 1.82) is 0 Å². The Labute approximate surface area is 104 Å². The average Bonchev–Trinajstić information content (AvgIpc) is 2.22. The Kier molecular flexibility index (Phi) is 7.35. The van der Waals surface area contributed by atoms with Crippen LogP contribution in [-0.2, 0) is 6.42 Å². The number of hydrogen-bond donors (Lipinski definition) is 0. The van der Waals surface area contributed by atoms with Crippen LogP contribution in [0.4, 0.5) is 4.39 Å². The van der Waals surface area contributed by atoms with E-state index in [1.165, 1.54) is 24.1 Å². The Morgan fingerprint density at radius 2 is 1.81 bits per heavy atom. The van der Waals surface area contributed by atoms with Crippen LogP contribution >= 0.6 is 12.4 Å². The Morgan fingerprint density at radius 1 is 1.25 bits per heavy atom. The molecule has 1 nitrogen and oxygen atoms in total. The fourth-order valence-corrected chi connectivity index (χ4v) is 1.69. The summed E-state index contributed by atoms with van der Waals surface area (Å²) in [4.78, 5) is 2.34. The fraction of sp³-hybridized carbons (Fsp3) is 0.538. The molecule has 0 amide bonds.